The first kappa shape index (κ1) is 12.8. The minimum Gasteiger partial charge on any atom is -0.329 e. The van der Waals surface area contributed by atoms with Crippen molar-refractivity contribution in [3.63, 3.8) is 0 Å². The second-order valence-electron chi connectivity index (χ2n) is 2.37. The average Bonchev–Trinajstić information content (AvgIpc) is 1.82. The average molecular weight is 231 g/mol. The number of nitrogens with one attached hydrogen (secondary N) is 1. The summed E-state index contributed by atoms with van der Waals surface area (Å²) in [5.74, 6) is -0.644. The standard InChI is InChI=1S/C4H13N3O4S2/c5-1-3-13(10,11)7-2-4-12(6,8)9/h7H,1-5H2,(H2,6,8,9). The lowest BCUT2D eigenvalue weighted by molar-refractivity contribution is 0.581. The molecule has 0 atom stereocenters. The fourth-order valence-electron chi connectivity index (χ4n) is 0.567. The van der Waals surface area contributed by atoms with Crippen LogP contribution in [0, 0.1) is 0 Å². The summed E-state index contributed by atoms with van der Waals surface area (Å²) < 4.78 is 44.6. The quantitative estimate of drug-likeness (QED) is 0.452. The van der Waals surface area contributed by atoms with E-state index in [1.807, 2.05) is 4.72 Å². The molecule has 0 aromatic carbocycles. The summed E-state index contributed by atoms with van der Waals surface area (Å²) in [6.07, 6.45) is 0. The van der Waals surface area contributed by atoms with Gasteiger partial charge in [-0.1, -0.05) is 0 Å². The van der Waals surface area contributed by atoms with Crippen LogP contribution in [0.15, 0.2) is 0 Å². The largest absolute Gasteiger partial charge is 0.329 e. The number of hydrogen-bond donors (Lipinski definition) is 3. The van der Waals surface area contributed by atoms with Gasteiger partial charge in [-0.05, 0) is 0 Å². The van der Waals surface area contributed by atoms with E-state index in [1.54, 1.807) is 0 Å². The first-order valence-corrected chi connectivity index (χ1v) is 6.81. The molecule has 9 heteroatoms. The van der Waals surface area contributed by atoms with E-state index in [-0.39, 0.29) is 18.8 Å². The molecule has 7 nitrogen and oxygen atoms in total. The Bertz CT molecular complexity index is 332. The number of nitrogens with two attached hydrogens (primary N) is 2. The molecule has 0 aliphatic carbocycles. The van der Waals surface area contributed by atoms with Crippen LogP contribution in [0.4, 0.5) is 0 Å². The van der Waals surface area contributed by atoms with Crippen LogP contribution in [-0.4, -0.2) is 41.4 Å². The van der Waals surface area contributed by atoms with Crippen LogP contribution in [0.1, 0.15) is 0 Å². The van der Waals surface area contributed by atoms with E-state index in [9.17, 15) is 16.8 Å². The van der Waals surface area contributed by atoms with Gasteiger partial charge in [-0.3, -0.25) is 0 Å². The zero-order valence-corrected chi connectivity index (χ0v) is 8.57. The molecule has 0 rings (SSSR count). The van der Waals surface area contributed by atoms with E-state index in [0.717, 1.165) is 0 Å². The van der Waals surface area contributed by atoms with Crippen molar-refractivity contribution in [2.24, 2.45) is 10.9 Å². The molecule has 0 aliphatic rings. The Morgan fingerprint density at radius 1 is 1.08 bits per heavy atom. The highest BCUT2D eigenvalue weighted by Gasteiger charge is 2.09. The van der Waals surface area contributed by atoms with Crippen LogP contribution >= 0.6 is 0 Å². The van der Waals surface area contributed by atoms with E-state index < -0.39 is 25.8 Å². The molecule has 13 heavy (non-hydrogen) atoms. The smallest absolute Gasteiger partial charge is 0.212 e. The monoisotopic (exact) mass is 231 g/mol. The predicted octanol–water partition coefficient (Wildman–Crippen LogP) is -2.85. The molecule has 0 spiro atoms. The molecule has 0 aromatic heterocycles. The Morgan fingerprint density at radius 3 is 2.00 bits per heavy atom. The molecule has 0 fully saturated rings. The second kappa shape index (κ2) is 4.86. The van der Waals surface area contributed by atoms with Gasteiger partial charge in [0, 0.05) is 13.1 Å². The van der Waals surface area contributed by atoms with E-state index >= 15 is 0 Å². The molecule has 0 saturated heterocycles. The molecule has 0 saturated carbocycles. The Morgan fingerprint density at radius 2 is 1.62 bits per heavy atom. The van der Waals surface area contributed by atoms with Crippen molar-refractivity contribution in [2.45, 2.75) is 0 Å². The topological polar surface area (TPSA) is 132 Å². The van der Waals surface area contributed by atoms with E-state index in [0.29, 0.717) is 0 Å². The summed E-state index contributed by atoms with van der Waals surface area (Å²) in [7, 11) is -7.07. The van der Waals surface area contributed by atoms with Crippen LogP contribution in [0.2, 0.25) is 0 Å². The maximum absolute atomic E-state index is 10.9. The molecule has 0 bridgehead atoms. The third kappa shape index (κ3) is 8.12. The Balaban J connectivity index is 3.91. The first-order chi connectivity index (χ1) is 5.77. The van der Waals surface area contributed by atoms with E-state index in [4.69, 9.17) is 5.73 Å². The molecular formula is C4H13N3O4S2. The summed E-state index contributed by atoms with van der Waals surface area (Å²) in [6.45, 7) is -0.230. The van der Waals surface area contributed by atoms with Crippen LogP contribution in [0.25, 0.3) is 0 Å². The number of sulfonamides is 2. The Hall–Kier alpha value is -0.220. The highest BCUT2D eigenvalue weighted by molar-refractivity contribution is 7.90. The lowest BCUT2D eigenvalue weighted by Gasteiger charge is -2.03. The summed E-state index contributed by atoms with van der Waals surface area (Å²) in [6, 6.07) is 0. The summed E-state index contributed by atoms with van der Waals surface area (Å²) in [4.78, 5) is 0. The third-order valence-corrected chi connectivity index (χ3v) is 3.29. The molecule has 0 heterocycles. The van der Waals surface area contributed by atoms with Crippen molar-refractivity contribution in [1.82, 2.24) is 4.72 Å². The third-order valence-electron chi connectivity index (χ3n) is 1.10. The minimum atomic E-state index is -3.62. The van der Waals surface area contributed by atoms with Crippen molar-refractivity contribution in [2.75, 3.05) is 24.6 Å². The zero-order valence-electron chi connectivity index (χ0n) is 6.93. The molecule has 0 aromatic rings. The van der Waals surface area contributed by atoms with Crippen molar-refractivity contribution in [3.05, 3.63) is 0 Å². The zero-order chi connectivity index (χ0) is 10.5. The van der Waals surface area contributed by atoms with Gasteiger partial charge in [-0.2, -0.15) is 0 Å². The maximum Gasteiger partial charge on any atom is 0.212 e. The van der Waals surface area contributed by atoms with Gasteiger partial charge in [0.05, 0.1) is 11.5 Å². The van der Waals surface area contributed by atoms with Gasteiger partial charge in [-0.15, -0.1) is 0 Å². The van der Waals surface area contributed by atoms with E-state index in [2.05, 4.69) is 5.14 Å². The maximum atomic E-state index is 10.9. The lowest BCUT2D eigenvalue weighted by atomic mass is 10.8. The molecule has 5 N–H and O–H groups in total. The first-order valence-electron chi connectivity index (χ1n) is 3.45. The van der Waals surface area contributed by atoms with Gasteiger partial charge in [-0.25, -0.2) is 26.7 Å². The predicted molar refractivity (Wildman–Crippen MR) is 48.8 cm³/mol. The normalized spacial score (nSPS) is 13.1. The van der Waals surface area contributed by atoms with Crippen LogP contribution < -0.4 is 15.6 Å². The van der Waals surface area contributed by atoms with Gasteiger partial charge in [0.25, 0.3) is 0 Å². The van der Waals surface area contributed by atoms with Crippen LogP contribution in [-0.2, 0) is 20.0 Å². The van der Waals surface area contributed by atoms with Gasteiger partial charge < -0.3 is 5.73 Å². The highest BCUT2D eigenvalue weighted by atomic mass is 32.2. The van der Waals surface area contributed by atoms with Crippen molar-refractivity contribution in [1.29, 1.82) is 0 Å². The van der Waals surface area contributed by atoms with Gasteiger partial charge in [0.15, 0.2) is 0 Å². The minimum absolute atomic E-state index is 0.00922. The van der Waals surface area contributed by atoms with Gasteiger partial charge >= 0.3 is 0 Å². The van der Waals surface area contributed by atoms with Crippen molar-refractivity contribution in [3.8, 4) is 0 Å². The number of primary sulfonamides is 1. The summed E-state index contributed by atoms with van der Waals surface area (Å²) >= 11 is 0. The second-order valence-corrected chi connectivity index (χ2v) is 6.03. The summed E-state index contributed by atoms with van der Waals surface area (Å²) in [5.41, 5.74) is 5.01. The van der Waals surface area contributed by atoms with Crippen LogP contribution in [0.5, 0.6) is 0 Å². The lowest BCUT2D eigenvalue weighted by Crippen LogP contribution is -2.34. The van der Waals surface area contributed by atoms with Crippen LogP contribution in [0.3, 0.4) is 0 Å². The molecule has 0 amide bonds. The van der Waals surface area contributed by atoms with Crippen molar-refractivity contribution >= 4 is 20.0 Å². The fraction of sp³-hybridized carbons (Fsp3) is 1.00. The van der Waals surface area contributed by atoms with Crippen molar-refractivity contribution < 1.29 is 16.8 Å². The molecule has 0 aliphatic heterocycles. The molecule has 80 valence electrons. The van der Waals surface area contributed by atoms with Gasteiger partial charge in [0.2, 0.25) is 20.0 Å². The van der Waals surface area contributed by atoms with Gasteiger partial charge in [0.1, 0.15) is 0 Å². The summed E-state index contributed by atoms with van der Waals surface area (Å²) in [5, 5.41) is 4.65. The highest BCUT2D eigenvalue weighted by Crippen LogP contribution is 1.82. The molecule has 0 radical (unpaired) electrons. The fourth-order valence-corrected chi connectivity index (χ4v) is 1.95. The Kier molecular flexibility index (Phi) is 4.78. The molecule has 0 unspecified atom stereocenters. The number of hydrogen-bond acceptors (Lipinski definition) is 5. The molecular weight excluding hydrogens is 218 g/mol. The Labute approximate surface area is 77.6 Å². The SMILES string of the molecule is NCCS(=O)(=O)NCCS(N)(=O)=O. The number of rotatable bonds is 6. The van der Waals surface area contributed by atoms with E-state index in [1.165, 1.54) is 0 Å².